The summed E-state index contributed by atoms with van der Waals surface area (Å²) in [5.41, 5.74) is 3.61. The van der Waals surface area contributed by atoms with Gasteiger partial charge in [0.1, 0.15) is 5.01 Å². The SMILES string of the molecule is CCC(NS(=O)(=O)c1cc2c3c(c1)CC(=O)N3CCC2)c1nc(C)cs1. The van der Waals surface area contributed by atoms with Gasteiger partial charge in [-0.05, 0) is 49.4 Å². The van der Waals surface area contributed by atoms with Gasteiger partial charge >= 0.3 is 0 Å². The molecule has 1 unspecified atom stereocenters. The molecule has 8 heteroatoms. The molecule has 6 nitrogen and oxygen atoms in total. The van der Waals surface area contributed by atoms with Crippen LogP contribution in [0.4, 0.5) is 5.69 Å². The van der Waals surface area contributed by atoms with E-state index in [0.29, 0.717) is 6.42 Å². The maximum absolute atomic E-state index is 13.0. The standard InChI is InChI=1S/C18H21N3O3S2/c1-3-15(18-19-11(2)10-25-18)20-26(23,24)14-7-12-5-4-6-21-16(22)9-13(8-14)17(12)21/h7-8,10,15,20H,3-6,9H2,1-2H3. The zero-order valence-electron chi connectivity index (χ0n) is 14.8. The molecule has 1 aromatic carbocycles. The average Bonchev–Trinajstić information content (AvgIpc) is 3.18. The van der Waals surface area contributed by atoms with Crippen LogP contribution in [0.2, 0.25) is 0 Å². The molecule has 2 aromatic rings. The van der Waals surface area contributed by atoms with Gasteiger partial charge in [-0.2, -0.15) is 0 Å². The van der Waals surface area contributed by atoms with E-state index in [9.17, 15) is 13.2 Å². The lowest BCUT2D eigenvalue weighted by atomic mass is 10.0. The highest BCUT2D eigenvalue weighted by Crippen LogP contribution is 2.38. The molecule has 3 heterocycles. The number of nitrogens with one attached hydrogen (secondary N) is 1. The van der Waals surface area contributed by atoms with E-state index in [1.165, 1.54) is 11.3 Å². The summed E-state index contributed by atoms with van der Waals surface area (Å²) in [6.45, 7) is 4.56. The molecule has 0 aliphatic carbocycles. The summed E-state index contributed by atoms with van der Waals surface area (Å²) in [6.07, 6.45) is 2.58. The van der Waals surface area contributed by atoms with Crippen molar-refractivity contribution < 1.29 is 13.2 Å². The number of aryl methyl sites for hydroxylation is 2. The number of sulfonamides is 1. The topological polar surface area (TPSA) is 79.4 Å². The van der Waals surface area contributed by atoms with E-state index < -0.39 is 10.0 Å². The third kappa shape index (κ3) is 2.95. The molecule has 1 atom stereocenters. The maximum atomic E-state index is 13.0. The van der Waals surface area contributed by atoms with Crippen LogP contribution in [0.25, 0.3) is 0 Å². The Balaban J connectivity index is 1.69. The van der Waals surface area contributed by atoms with Crippen molar-refractivity contribution in [3.63, 3.8) is 0 Å². The number of thiazole rings is 1. The molecule has 138 valence electrons. The lowest BCUT2D eigenvalue weighted by Crippen LogP contribution is -2.31. The number of amides is 1. The molecule has 0 spiro atoms. The number of anilines is 1. The summed E-state index contributed by atoms with van der Waals surface area (Å²) in [5, 5.41) is 2.70. The minimum atomic E-state index is -3.69. The van der Waals surface area contributed by atoms with Crippen molar-refractivity contribution in [2.45, 2.75) is 50.5 Å². The molecule has 0 radical (unpaired) electrons. The first-order valence-electron chi connectivity index (χ1n) is 8.79. The number of hydrogen-bond acceptors (Lipinski definition) is 5. The quantitative estimate of drug-likeness (QED) is 0.850. The van der Waals surface area contributed by atoms with Crippen LogP contribution < -0.4 is 9.62 Å². The molecule has 2 aliphatic rings. The van der Waals surface area contributed by atoms with Crippen molar-refractivity contribution in [2.75, 3.05) is 11.4 Å². The van der Waals surface area contributed by atoms with Gasteiger partial charge < -0.3 is 4.90 Å². The molecule has 4 rings (SSSR count). The maximum Gasteiger partial charge on any atom is 0.241 e. The average molecular weight is 392 g/mol. The van der Waals surface area contributed by atoms with Crippen molar-refractivity contribution in [1.82, 2.24) is 9.71 Å². The number of rotatable bonds is 5. The number of carbonyl (C=O) groups is 1. The molecular weight excluding hydrogens is 370 g/mol. The third-order valence-electron chi connectivity index (χ3n) is 4.93. The Morgan fingerprint density at radius 1 is 1.35 bits per heavy atom. The van der Waals surface area contributed by atoms with Crippen molar-refractivity contribution >= 4 is 33.0 Å². The molecule has 1 N–H and O–H groups in total. The van der Waals surface area contributed by atoms with Gasteiger partial charge in [0.15, 0.2) is 0 Å². The lowest BCUT2D eigenvalue weighted by Gasteiger charge is -2.26. The van der Waals surface area contributed by atoms with Crippen LogP contribution in [0, 0.1) is 6.92 Å². The zero-order chi connectivity index (χ0) is 18.5. The number of benzene rings is 1. The largest absolute Gasteiger partial charge is 0.312 e. The number of carbonyl (C=O) groups excluding carboxylic acids is 1. The van der Waals surface area contributed by atoms with Crippen molar-refractivity contribution in [2.24, 2.45) is 0 Å². The van der Waals surface area contributed by atoms with Crippen LogP contribution in [0.15, 0.2) is 22.4 Å². The molecule has 0 saturated heterocycles. The summed E-state index contributed by atoms with van der Waals surface area (Å²) < 4.78 is 28.8. The summed E-state index contributed by atoms with van der Waals surface area (Å²) >= 11 is 1.47. The highest BCUT2D eigenvalue weighted by Gasteiger charge is 2.34. The summed E-state index contributed by atoms with van der Waals surface area (Å²) in [4.78, 5) is 18.6. The molecule has 2 aliphatic heterocycles. The molecule has 26 heavy (non-hydrogen) atoms. The van der Waals surface area contributed by atoms with Crippen LogP contribution in [0.3, 0.4) is 0 Å². The van der Waals surface area contributed by atoms with Gasteiger partial charge in [0.25, 0.3) is 0 Å². The first kappa shape index (κ1) is 17.6. The molecule has 0 bridgehead atoms. The van der Waals surface area contributed by atoms with Crippen LogP contribution >= 0.6 is 11.3 Å². The molecule has 0 saturated carbocycles. The Morgan fingerprint density at radius 3 is 2.81 bits per heavy atom. The van der Waals surface area contributed by atoms with Gasteiger partial charge in [0, 0.05) is 17.6 Å². The summed E-state index contributed by atoms with van der Waals surface area (Å²) in [6, 6.07) is 3.04. The highest BCUT2D eigenvalue weighted by molar-refractivity contribution is 7.89. The van der Waals surface area contributed by atoms with E-state index in [1.54, 1.807) is 17.0 Å². The van der Waals surface area contributed by atoms with E-state index in [1.807, 2.05) is 19.2 Å². The van der Waals surface area contributed by atoms with E-state index in [-0.39, 0.29) is 23.3 Å². The second-order valence-electron chi connectivity index (χ2n) is 6.83. The van der Waals surface area contributed by atoms with Crippen LogP contribution in [0.1, 0.15) is 47.6 Å². The first-order chi connectivity index (χ1) is 12.4. The minimum Gasteiger partial charge on any atom is -0.312 e. The van der Waals surface area contributed by atoms with E-state index in [2.05, 4.69) is 9.71 Å². The fourth-order valence-electron chi connectivity index (χ4n) is 3.70. The Hall–Kier alpha value is -1.77. The van der Waals surface area contributed by atoms with E-state index in [0.717, 1.165) is 46.9 Å². The Morgan fingerprint density at radius 2 is 2.12 bits per heavy atom. The van der Waals surface area contributed by atoms with Gasteiger partial charge in [-0.3, -0.25) is 4.79 Å². The fraction of sp³-hybridized carbons (Fsp3) is 0.444. The lowest BCUT2D eigenvalue weighted by molar-refractivity contribution is -0.117. The van der Waals surface area contributed by atoms with Gasteiger partial charge in [-0.1, -0.05) is 6.92 Å². The first-order valence-corrected chi connectivity index (χ1v) is 11.2. The molecule has 1 amide bonds. The van der Waals surface area contributed by atoms with Gasteiger partial charge in [-0.25, -0.2) is 18.1 Å². The normalized spacial score (nSPS) is 17.5. The second kappa shape index (κ2) is 6.44. The second-order valence-corrected chi connectivity index (χ2v) is 9.43. The summed E-state index contributed by atoms with van der Waals surface area (Å²) in [5.74, 6) is 0.0631. The van der Waals surface area contributed by atoms with Crippen LogP contribution in [-0.2, 0) is 27.7 Å². The summed E-state index contributed by atoms with van der Waals surface area (Å²) in [7, 11) is -3.69. The third-order valence-corrected chi connectivity index (χ3v) is 7.46. The van der Waals surface area contributed by atoms with E-state index >= 15 is 0 Å². The molecule has 0 fully saturated rings. The highest BCUT2D eigenvalue weighted by atomic mass is 32.2. The Kier molecular flexibility index (Phi) is 4.37. The predicted molar refractivity (Wildman–Crippen MR) is 101 cm³/mol. The van der Waals surface area contributed by atoms with Crippen LogP contribution in [-0.4, -0.2) is 25.9 Å². The Bertz CT molecular complexity index is 982. The van der Waals surface area contributed by atoms with Gasteiger partial charge in [-0.15, -0.1) is 11.3 Å². The number of hydrogen-bond donors (Lipinski definition) is 1. The van der Waals surface area contributed by atoms with Gasteiger partial charge in [0.2, 0.25) is 15.9 Å². The number of nitrogens with zero attached hydrogens (tertiary/aromatic N) is 2. The van der Waals surface area contributed by atoms with Gasteiger partial charge in [0.05, 0.1) is 23.0 Å². The van der Waals surface area contributed by atoms with Crippen molar-refractivity contribution in [1.29, 1.82) is 0 Å². The smallest absolute Gasteiger partial charge is 0.241 e. The number of aromatic nitrogens is 1. The molecule has 1 aromatic heterocycles. The van der Waals surface area contributed by atoms with E-state index in [4.69, 9.17) is 0 Å². The molecular formula is C18H21N3O3S2. The Labute approximate surface area is 157 Å². The fourth-order valence-corrected chi connectivity index (χ4v) is 6.09. The minimum absolute atomic E-state index is 0.0631. The zero-order valence-corrected chi connectivity index (χ0v) is 16.4. The van der Waals surface area contributed by atoms with Crippen LogP contribution in [0.5, 0.6) is 0 Å². The predicted octanol–water partition coefficient (Wildman–Crippen LogP) is 2.72. The monoisotopic (exact) mass is 391 g/mol. The van der Waals surface area contributed by atoms with Crippen molar-refractivity contribution in [3.8, 4) is 0 Å². The van der Waals surface area contributed by atoms with Crippen molar-refractivity contribution in [3.05, 3.63) is 39.3 Å².